The van der Waals surface area contributed by atoms with Crippen LogP contribution in [0.15, 0.2) is 24.4 Å². The van der Waals surface area contributed by atoms with Crippen LogP contribution in [0.1, 0.15) is 32.0 Å². The first kappa shape index (κ1) is 14.2. The van der Waals surface area contributed by atoms with Crippen LogP contribution in [0.2, 0.25) is 0 Å². The zero-order chi connectivity index (χ0) is 13.7. The summed E-state index contributed by atoms with van der Waals surface area (Å²) >= 11 is 0. The van der Waals surface area contributed by atoms with Crippen molar-refractivity contribution in [2.24, 2.45) is 0 Å². The Kier molecular flexibility index (Phi) is 4.72. The SMILES string of the molecule is CC(C)(C)c1ccnc(/C=C/CN2CCOCC2)c1. The molecule has 0 unspecified atom stereocenters. The lowest BCUT2D eigenvalue weighted by molar-refractivity contribution is 0.0435. The predicted octanol–water partition coefficient (Wildman–Crippen LogP) is 2.72. The second-order valence-corrected chi connectivity index (χ2v) is 6.03. The molecule has 1 saturated heterocycles. The van der Waals surface area contributed by atoms with Crippen LogP contribution in [0.5, 0.6) is 0 Å². The van der Waals surface area contributed by atoms with Gasteiger partial charge in [0.15, 0.2) is 0 Å². The molecule has 0 amide bonds. The van der Waals surface area contributed by atoms with Crippen molar-refractivity contribution in [2.45, 2.75) is 26.2 Å². The zero-order valence-corrected chi connectivity index (χ0v) is 12.2. The van der Waals surface area contributed by atoms with Crippen LogP contribution in [0.4, 0.5) is 0 Å². The fourth-order valence-electron chi connectivity index (χ4n) is 2.11. The normalized spacial score (nSPS) is 18.1. The van der Waals surface area contributed by atoms with Gasteiger partial charge in [0.1, 0.15) is 0 Å². The number of hydrogen-bond acceptors (Lipinski definition) is 3. The highest BCUT2D eigenvalue weighted by molar-refractivity contribution is 5.46. The van der Waals surface area contributed by atoms with Crippen LogP contribution < -0.4 is 0 Å². The molecule has 104 valence electrons. The van der Waals surface area contributed by atoms with Crippen molar-refractivity contribution < 1.29 is 4.74 Å². The van der Waals surface area contributed by atoms with Gasteiger partial charge in [0.05, 0.1) is 18.9 Å². The summed E-state index contributed by atoms with van der Waals surface area (Å²) in [4.78, 5) is 6.80. The van der Waals surface area contributed by atoms with Crippen molar-refractivity contribution in [3.63, 3.8) is 0 Å². The molecule has 2 heterocycles. The Labute approximate surface area is 116 Å². The van der Waals surface area contributed by atoms with Crippen molar-refractivity contribution in [2.75, 3.05) is 32.8 Å². The fraction of sp³-hybridized carbons (Fsp3) is 0.562. The molecule has 1 aliphatic rings. The van der Waals surface area contributed by atoms with E-state index < -0.39 is 0 Å². The molecule has 2 rings (SSSR count). The van der Waals surface area contributed by atoms with Gasteiger partial charge in [-0.1, -0.05) is 26.8 Å². The Balaban J connectivity index is 1.94. The van der Waals surface area contributed by atoms with Crippen LogP contribution >= 0.6 is 0 Å². The van der Waals surface area contributed by atoms with E-state index in [9.17, 15) is 0 Å². The smallest absolute Gasteiger partial charge is 0.0629 e. The molecule has 1 aliphatic heterocycles. The first-order chi connectivity index (χ1) is 9.05. The largest absolute Gasteiger partial charge is 0.379 e. The first-order valence-corrected chi connectivity index (χ1v) is 6.99. The van der Waals surface area contributed by atoms with Gasteiger partial charge >= 0.3 is 0 Å². The summed E-state index contributed by atoms with van der Waals surface area (Å²) in [5.41, 5.74) is 2.55. The van der Waals surface area contributed by atoms with Crippen LogP contribution in [0.25, 0.3) is 6.08 Å². The van der Waals surface area contributed by atoms with Crippen molar-refractivity contribution in [3.8, 4) is 0 Å². The van der Waals surface area contributed by atoms with Gasteiger partial charge in [-0.25, -0.2) is 0 Å². The van der Waals surface area contributed by atoms with Gasteiger partial charge < -0.3 is 4.74 Å². The molecule has 0 aliphatic carbocycles. The molecule has 0 aromatic carbocycles. The summed E-state index contributed by atoms with van der Waals surface area (Å²) < 4.78 is 5.34. The molecule has 3 heteroatoms. The third kappa shape index (κ3) is 4.44. The minimum atomic E-state index is 0.176. The Bertz CT molecular complexity index is 429. The molecule has 0 N–H and O–H groups in total. The van der Waals surface area contributed by atoms with E-state index in [1.807, 2.05) is 6.20 Å². The number of nitrogens with zero attached hydrogens (tertiary/aromatic N) is 2. The maximum atomic E-state index is 5.34. The molecular weight excluding hydrogens is 236 g/mol. The average molecular weight is 260 g/mol. The molecule has 1 aromatic heterocycles. The Hall–Kier alpha value is -1.19. The Morgan fingerprint density at radius 2 is 2.05 bits per heavy atom. The summed E-state index contributed by atoms with van der Waals surface area (Å²) in [5, 5.41) is 0. The van der Waals surface area contributed by atoms with Crippen molar-refractivity contribution in [1.29, 1.82) is 0 Å². The number of aromatic nitrogens is 1. The summed E-state index contributed by atoms with van der Waals surface area (Å²) in [5.74, 6) is 0. The first-order valence-electron chi connectivity index (χ1n) is 6.99. The Morgan fingerprint density at radius 3 is 2.74 bits per heavy atom. The minimum Gasteiger partial charge on any atom is -0.379 e. The molecule has 3 nitrogen and oxygen atoms in total. The lowest BCUT2D eigenvalue weighted by Gasteiger charge is -2.25. The number of morpholine rings is 1. The van der Waals surface area contributed by atoms with Gasteiger partial charge in [-0.15, -0.1) is 0 Å². The standard InChI is InChI=1S/C16H24N2O/c1-16(2,3)14-6-7-17-15(13-14)5-4-8-18-9-11-19-12-10-18/h4-7,13H,8-12H2,1-3H3/b5-4+. The van der Waals surface area contributed by atoms with E-state index in [1.165, 1.54) is 5.56 Å². The molecule has 0 bridgehead atoms. The third-order valence-corrected chi connectivity index (χ3v) is 3.40. The molecule has 0 saturated carbocycles. The van der Waals surface area contributed by atoms with Gasteiger partial charge in [0, 0.05) is 25.8 Å². The van der Waals surface area contributed by atoms with Gasteiger partial charge in [-0.3, -0.25) is 9.88 Å². The highest BCUT2D eigenvalue weighted by Gasteiger charge is 2.13. The number of pyridine rings is 1. The molecule has 0 atom stereocenters. The van der Waals surface area contributed by atoms with Crippen LogP contribution in [-0.4, -0.2) is 42.7 Å². The second kappa shape index (κ2) is 6.31. The predicted molar refractivity (Wildman–Crippen MR) is 79.2 cm³/mol. The van der Waals surface area contributed by atoms with Crippen molar-refractivity contribution in [3.05, 3.63) is 35.7 Å². The maximum absolute atomic E-state index is 5.34. The van der Waals surface area contributed by atoms with E-state index in [0.29, 0.717) is 0 Å². The highest BCUT2D eigenvalue weighted by Crippen LogP contribution is 2.22. The van der Waals surface area contributed by atoms with Crippen LogP contribution in [-0.2, 0) is 10.2 Å². The van der Waals surface area contributed by atoms with E-state index in [1.54, 1.807) is 0 Å². The van der Waals surface area contributed by atoms with E-state index in [0.717, 1.165) is 38.5 Å². The fourth-order valence-corrected chi connectivity index (χ4v) is 2.11. The monoisotopic (exact) mass is 260 g/mol. The lowest BCUT2D eigenvalue weighted by Crippen LogP contribution is -2.36. The topological polar surface area (TPSA) is 25.4 Å². The zero-order valence-electron chi connectivity index (χ0n) is 12.2. The maximum Gasteiger partial charge on any atom is 0.0629 e. The summed E-state index contributed by atoms with van der Waals surface area (Å²) in [7, 11) is 0. The van der Waals surface area contributed by atoms with Gasteiger partial charge in [0.25, 0.3) is 0 Å². The minimum absolute atomic E-state index is 0.176. The van der Waals surface area contributed by atoms with Gasteiger partial charge in [-0.05, 0) is 29.2 Å². The molecule has 19 heavy (non-hydrogen) atoms. The second-order valence-electron chi connectivity index (χ2n) is 6.03. The van der Waals surface area contributed by atoms with E-state index in [2.05, 4.69) is 54.9 Å². The van der Waals surface area contributed by atoms with Crippen molar-refractivity contribution >= 4 is 6.08 Å². The Morgan fingerprint density at radius 1 is 1.32 bits per heavy atom. The molecular formula is C16H24N2O. The van der Waals surface area contributed by atoms with E-state index in [4.69, 9.17) is 4.74 Å². The average Bonchev–Trinajstić information content (AvgIpc) is 2.39. The van der Waals surface area contributed by atoms with E-state index >= 15 is 0 Å². The molecule has 0 radical (unpaired) electrons. The number of rotatable bonds is 3. The summed E-state index contributed by atoms with van der Waals surface area (Å²) in [6, 6.07) is 4.27. The van der Waals surface area contributed by atoms with E-state index in [-0.39, 0.29) is 5.41 Å². The summed E-state index contributed by atoms with van der Waals surface area (Å²) in [6.45, 7) is 11.4. The molecule has 0 spiro atoms. The van der Waals surface area contributed by atoms with Crippen LogP contribution in [0, 0.1) is 0 Å². The third-order valence-electron chi connectivity index (χ3n) is 3.40. The lowest BCUT2D eigenvalue weighted by atomic mass is 9.87. The number of ether oxygens (including phenoxy) is 1. The molecule has 1 aromatic rings. The quantitative estimate of drug-likeness (QED) is 0.835. The number of hydrogen-bond donors (Lipinski definition) is 0. The van der Waals surface area contributed by atoms with Crippen molar-refractivity contribution in [1.82, 2.24) is 9.88 Å². The van der Waals surface area contributed by atoms with Crippen LogP contribution in [0.3, 0.4) is 0 Å². The molecule has 1 fully saturated rings. The van der Waals surface area contributed by atoms with Gasteiger partial charge in [0.2, 0.25) is 0 Å². The summed E-state index contributed by atoms with van der Waals surface area (Å²) in [6.07, 6.45) is 6.21. The van der Waals surface area contributed by atoms with Gasteiger partial charge in [-0.2, -0.15) is 0 Å². The highest BCUT2D eigenvalue weighted by atomic mass is 16.5.